The highest BCUT2D eigenvalue weighted by molar-refractivity contribution is 7.95. The lowest BCUT2D eigenvalue weighted by Gasteiger charge is -2.34. The van der Waals surface area contributed by atoms with Crippen molar-refractivity contribution in [1.82, 2.24) is 15.3 Å². The number of carbonyl (C=O) groups is 2. The molecule has 2 fully saturated rings. The molecule has 2 aliphatic rings. The SMILES string of the molecule is O=C(NCC(=O)N(P=S)C1C[C@H]2CC[C@@H](C1)N2)Nc1cccc(Cl)c1. The number of carbonyl (C=O) groups excluding carboxylic acids is 2. The van der Waals surface area contributed by atoms with Crippen molar-refractivity contribution in [2.24, 2.45) is 0 Å². The molecule has 0 saturated carbocycles. The number of piperidine rings is 1. The number of urea groups is 1. The molecule has 1 unspecified atom stereocenters. The summed E-state index contributed by atoms with van der Waals surface area (Å²) in [5.41, 5.74) is 0.575. The van der Waals surface area contributed by atoms with Gasteiger partial charge in [-0.05, 0) is 55.7 Å². The van der Waals surface area contributed by atoms with Crippen LogP contribution in [0, 0.1) is 0 Å². The predicted molar refractivity (Wildman–Crippen MR) is 103 cm³/mol. The Morgan fingerprint density at radius 3 is 2.68 bits per heavy atom. The van der Waals surface area contributed by atoms with E-state index in [1.807, 2.05) is 0 Å². The van der Waals surface area contributed by atoms with Crippen LogP contribution in [0.25, 0.3) is 0 Å². The largest absolute Gasteiger partial charge is 0.329 e. The van der Waals surface area contributed by atoms with Gasteiger partial charge >= 0.3 is 6.03 Å². The van der Waals surface area contributed by atoms with E-state index in [-0.39, 0.29) is 18.5 Å². The predicted octanol–water partition coefficient (Wildman–Crippen LogP) is 2.90. The van der Waals surface area contributed by atoms with E-state index in [2.05, 4.69) is 16.0 Å². The molecule has 1 aromatic rings. The summed E-state index contributed by atoms with van der Waals surface area (Å²) in [6.07, 6.45) is 4.19. The molecule has 3 atom stereocenters. The number of anilines is 1. The second-order valence-electron chi connectivity index (χ2n) is 6.40. The summed E-state index contributed by atoms with van der Waals surface area (Å²) in [5, 5.41) is 9.33. The Balaban J connectivity index is 1.50. The molecule has 2 saturated heterocycles. The van der Waals surface area contributed by atoms with Crippen molar-refractivity contribution in [1.29, 1.82) is 0 Å². The molecule has 1 aromatic carbocycles. The minimum atomic E-state index is -0.443. The van der Waals surface area contributed by atoms with E-state index in [0.29, 0.717) is 30.3 Å². The Bertz CT molecular complexity index is 665. The van der Waals surface area contributed by atoms with Gasteiger partial charge in [0.15, 0.2) is 0 Å². The van der Waals surface area contributed by atoms with Gasteiger partial charge in [0.05, 0.1) is 14.1 Å². The summed E-state index contributed by atoms with van der Waals surface area (Å²) in [6.45, 7) is -0.0741. The van der Waals surface area contributed by atoms with Gasteiger partial charge in [0, 0.05) is 28.8 Å². The summed E-state index contributed by atoms with van der Waals surface area (Å²) < 4.78 is 1.70. The van der Waals surface area contributed by atoms with Crippen LogP contribution in [0.5, 0.6) is 0 Å². The van der Waals surface area contributed by atoms with Gasteiger partial charge in [-0.2, -0.15) is 0 Å². The smallest absolute Gasteiger partial charge is 0.319 e. The van der Waals surface area contributed by atoms with Gasteiger partial charge in [-0.3, -0.25) is 9.46 Å². The van der Waals surface area contributed by atoms with Crippen molar-refractivity contribution < 1.29 is 9.59 Å². The molecule has 6 nitrogen and oxygen atoms in total. The number of halogens is 1. The fourth-order valence-electron chi connectivity index (χ4n) is 3.52. The van der Waals surface area contributed by atoms with Crippen molar-refractivity contribution in [2.45, 2.75) is 43.8 Å². The van der Waals surface area contributed by atoms with Gasteiger partial charge in [0.25, 0.3) is 0 Å². The summed E-state index contributed by atoms with van der Waals surface area (Å²) in [7, 11) is 0.508. The molecule has 0 radical (unpaired) electrons. The molecule has 3 amide bonds. The van der Waals surface area contributed by atoms with E-state index in [0.717, 1.165) is 25.7 Å². The van der Waals surface area contributed by atoms with Crippen molar-refractivity contribution in [3.8, 4) is 0 Å². The molecule has 0 spiro atoms. The monoisotopic (exact) mass is 398 g/mol. The van der Waals surface area contributed by atoms with E-state index < -0.39 is 6.03 Å². The van der Waals surface area contributed by atoms with E-state index in [1.165, 1.54) is 0 Å². The molecule has 0 aromatic heterocycles. The Labute approximate surface area is 158 Å². The van der Waals surface area contributed by atoms with E-state index in [1.54, 1.807) is 28.9 Å². The first-order valence-electron chi connectivity index (χ1n) is 8.27. The van der Waals surface area contributed by atoms with Crippen molar-refractivity contribution >= 4 is 48.5 Å². The zero-order valence-electron chi connectivity index (χ0n) is 13.6. The Morgan fingerprint density at radius 2 is 2.04 bits per heavy atom. The maximum absolute atomic E-state index is 12.5. The molecule has 2 heterocycles. The number of nitrogens with one attached hydrogen (secondary N) is 3. The van der Waals surface area contributed by atoms with Crippen LogP contribution >= 0.6 is 19.1 Å². The molecule has 3 N–H and O–H groups in total. The Kier molecular flexibility index (Phi) is 6.23. The number of hydrogen-bond acceptors (Lipinski definition) is 4. The minimum Gasteiger partial charge on any atom is -0.329 e. The van der Waals surface area contributed by atoms with Crippen LogP contribution in [0.4, 0.5) is 10.5 Å². The summed E-state index contributed by atoms with van der Waals surface area (Å²) in [4.78, 5) is 24.4. The van der Waals surface area contributed by atoms with E-state index >= 15 is 0 Å². The number of benzene rings is 1. The average Bonchev–Trinajstić information content (AvgIpc) is 2.92. The molecule has 3 rings (SSSR count). The van der Waals surface area contributed by atoms with Gasteiger partial charge in [-0.15, -0.1) is 0 Å². The lowest BCUT2D eigenvalue weighted by Crippen LogP contribution is -2.49. The van der Waals surface area contributed by atoms with Crippen molar-refractivity contribution in [3.63, 3.8) is 0 Å². The molecule has 9 heteroatoms. The molecule has 2 aliphatic heterocycles. The summed E-state index contributed by atoms with van der Waals surface area (Å²) in [5.74, 6) is -0.149. The third kappa shape index (κ3) is 4.88. The highest BCUT2D eigenvalue weighted by Gasteiger charge is 2.37. The third-order valence-corrected chi connectivity index (χ3v) is 6.11. The number of amides is 3. The summed E-state index contributed by atoms with van der Waals surface area (Å²) in [6, 6.07) is 7.51. The second-order valence-corrected chi connectivity index (χ2v) is 7.92. The quantitative estimate of drug-likeness (QED) is 0.667. The number of fused-ring (bicyclic) bond motifs is 2. The Hall–Kier alpha value is -1.27. The first kappa shape index (κ1) is 18.5. The molecule has 25 heavy (non-hydrogen) atoms. The zero-order valence-corrected chi connectivity index (χ0v) is 16.0. The van der Waals surface area contributed by atoms with E-state index in [4.69, 9.17) is 23.4 Å². The number of hydrogen-bond donors (Lipinski definition) is 3. The van der Waals surface area contributed by atoms with Crippen LogP contribution in [0.3, 0.4) is 0 Å². The highest BCUT2D eigenvalue weighted by Crippen LogP contribution is 2.32. The molecular weight excluding hydrogens is 379 g/mol. The van der Waals surface area contributed by atoms with Crippen LogP contribution in [-0.4, -0.2) is 41.3 Å². The molecule has 2 bridgehead atoms. The standard InChI is InChI=1S/C16H20ClN4O2PS/c17-10-2-1-3-11(6-10)20-16(23)18-9-15(22)21(24-25)14-7-12-4-5-13(8-14)19-12/h1-3,6,12-14,19H,4-5,7-9H2,(H2,18,20,23)/t12-,13+,14?. The average molecular weight is 399 g/mol. The normalized spacial score (nSPS) is 24.8. The molecule has 0 aliphatic carbocycles. The fourth-order valence-corrected chi connectivity index (χ4v) is 4.87. The van der Waals surface area contributed by atoms with Crippen LogP contribution in [0.15, 0.2) is 24.3 Å². The van der Waals surface area contributed by atoms with Gasteiger partial charge in [0.2, 0.25) is 5.91 Å². The first-order valence-corrected chi connectivity index (χ1v) is 10.5. The van der Waals surface area contributed by atoms with E-state index in [9.17, 15) is 9.59 Å². The first-order chi connectivity index (χ1) is 12.0. The minimum absolute atomic E-state index is 0.0741. The Morgan fingerprint density at radius 1 is 1.32 bits per heavy atom. The molecule has 134 valence electrons. The lowest BCUT2D eigenvalue weighted by atomic mass is 10.00. The van der Waals surface area contributed by atoms with Crippen molar-refractivity contribution in [3.05, 3.63) is 29.3 Å². The topological polar surface area (TPSA) is 73.5 Å². The number of nitrogens with zero attached hydrogens (tertiary/aromatic N) is 1. The van der Waals surface area contributed by atoms with Gasteiger partial charge in [0.1, 0.15) is 0 Å². The van der Waals surface area contributed by atoms with Crippen LogP contribution in [0.1, 0.15) is 25.7 Å². The maximum Gasteiger partial charge on any atom is 0.319 e. The van der Waals surface area contributed by atoms with Crippen LogP contribution in [-0.2, 0) is 16.6 Å². The van der Waals surface area contributed by atoms with Crippen molar-refractivity contribution in [2.75, 3.05) is 11.9 Å². The molecular formula is C16H20ClN4O2PS. The third-order valence-electron chi connectivity index (χ3n) is 4.62. The zero-order chi connectivity index (χ0) is 17.8. The van der Waals surface area contributed by atoms with Gasteiger partial charge in [-0.1, -0.05) is 17.7 Å². The van der Waals surface area contributed by atoms with Crippen LogP contribution in [0.2, 0.25) is 5.02 Å². The highest BCUT2D eigenvalue weighted by atomic mass is 35.5. The second kappa shape index (κ2) is 8.41. The summed E-state index contributed by atoms with van der Waals surface area (Å²) >= 11 is 11.0. The number of rotatable bonds is 5. The van der Waals surface area contributed by atoms with Crippen LogP contribution < -0.4 is 16.0 Å². The van der Waals surface area contributed by atoms with Gasteiger partial charge in [-0.25, -0.2) is 4.79 Å². The lowest BCUT2D eigenvalue weighted by molar-refractivity contribution is -0.127. The van der Waals surface area contributed by atoms with Gasteiger partial charge < -0.3 is 16.0 Å². The fraction of sp³-hybridized carbons (Fsp3) is 0.500. The maximum atomic E-state index is 12.5.